The fraction of sp³-hybridized carbons (Fsp3) is 0.200. The van der Waals surface area contributed by atoms with Crippen molar-refractivity contribution in [3.8, 4) is 5.75 Å². The second-order valence-electron chi connectivity index (χ2n) is 7.60. The number of aliphatic hydroxyl groups excluding tert-OH is 1. The number of rotatable bonds is 5. The van der Waals surface area contributed by atoms with Crippen LogP contribution in [0.3, 0.4) is 0 Å². The average molecular weight is 417 g/mol. The van der Waals surface area contributed by atoms with Crippen LogP contribution in [-0.4, -0.2) is 28.8 Å². The minimum Gasteiger partial charge on any atom is -0.507 e. The Balaban J connectivity index is 1.92. The first-order valence-corrected chi connectivity index (χ1v) is 9.93. The largest absolute Gasteiger partial charge is 0.507 e. The third kappa shape index (κ3) is 3.72. The van der Waals surface area contributed by atoms with Crippen molar-refractivity contribution in [1.29, 1.82) is 0 Å². The number of nitrogens with zero attached hydrogens (tertiary/aromatic N) is 1. The smallest absolute Gasteiger partial charge is 0.296 e. The maximum absolute atomic E-state index is 13.1. The van der Waals surface area contributed by atoms with E-state index in [0.717, 1.165) is 11.1 Å². The van der Waals surface area contributed by atoms with E-state index in [1.165, 1.54) is 11.2 Å². The number of aliphatic hydroxyl groups is 1. The maximum Gasteiger partial charge on any atom is 0.296 e. The van der Waals surface area contributed by atoms with Crippen LogP contribution in [0.1, 0.15) is 34.1 Å². The van der Waals surface area contributed by atoms with Crippen LogP contribution < -0.4 is 4.74 Å². The highest BCUT2D eigenvalue weighted by atomic mass is 16.5. The Kier molecular flexibility index (Phi) is 5.38. The minimum absolute atomic E-state index is 0.0542. The van der Waals surface area contributed by atoms with Gasteiger partial charge in [-0.25, -0.2) is 0 Å². The van der Waals surface area contributed by atoms with Crippen molar-refractivity contribution in [2.24, 2.45) is 0 Å². The molecule has 0 radical (unpaired) electrons. The molecule has 31 heavy (non-hydrogen) atoms. The van der Waals surface area contributed by atoms with Gasteiger partial charge in [-0.3, -0.25) is 9.59 Å². The van der Waals surface area contributed by atoms with Crippen molar-refractivity contribution in [2.75, 3.05) is 7.11 Å². The van der Waals surface area contributed by atoms with Gasteiger partial charge in [0.1, 0.15) is 17.3 Å². The van der Waals surface area contributed by atoms with Gasteiger partial charge in [0.15, 0.2) is 0 Å². The quantitative estimate of drug-likeness (QED) is 0.375. The highest BCUT2D eigenvalue weighted by molar-refractivity contribution is 6.46. The summed E-state index contributed by atoms with van der Waals surface area (Å²) in [6.07, 6.45) is 1.52. The summed E-state index contributed by atoms with van der Waals surface area (Å²) in [6.45, 7) is 3.86. The number of furan rings is 1. The van der Waals surface area contributed by atoms with Crippen LogP contribution in [0.5, 0.6) is 5.75 Å². The number of aryl methyl sites for hydroxylation is 2. The highest BCUT2D eigenvalue weighted by Gasteiger charge is 2.46. The first kappa shape index (κ1) is 20.5. The average Bonchev–Trinajstić information content (AvgIpc) is 3.37. The zero-order valence-corrected chi connectivity index (χ0v) is 17.6. The first-order chi connectivity index (χ1) is 14.9. The lowest BCUT2D eigenvalue weighted by Crippen LogP contribution is -2.29. The van der Waals surface area contributed by atoms with Crippen LogP contribution >= 0.6 is 0 Å². The fourth-order valence-corrected chi connectivity index (χ4v) is 3.91. The van der Waals surface area contributed by atoms with E-state index < -0.39 is 17.7 Å². The molecule has 2 heterocycles. The number of carbonyl (C=O) groups excluding carboxylic acids is 2. The molecule has 6 heteroatoms. The third-order valence-electron chi connectivity index (χ3n) is 5.50. The molecule has 1 saturated heterocycles. The molecule has 4 rings (SSSR count). The Hall–Kier alpha value is -3.80. The number of methoxy groups -OCH3 is 1. The summed E-state index contributed by atoms with van der Waals surface area (Å²) in [5.41, 5.74) is 3.00. The number of hydrogen-bond acceptors (Lipinski definition) is 5. The Morgan fingerprint density at radius 3 is 2.61 bits per heavy atom. The molecule has 1 amide bonds. The van der Waals surface area contributed by atoms with Crippen LogP contribution in [0.15, 0.2) is 70.9 Å². The second-order valence-corrected chi connectivity index (χ2v) is 7.60. The molecule has 3 aromatic rings. The summed E-state index contributed by atoms with van der Waals surface area (Å²) in [4.78, 5) is 27.6. The number of likely N-dealkylation sites (tertiary alicyclic amines) is 1. The molecule has 1 atom stereocenters. The predicted molar refractivity (Wildman–Crippen MR) is 115 cm³/mol. The number of carbonyl (C=O) groups is 2. The first-order valence-electron chi connectivity index (χ1n) is 9.93. The standard InChI is InChI=1S/C25H23NO5/c1-15-9-10-16(2)20(12-15)23(27)21-22(17-6-4-7-18(13-17)30-3)26(25(29)24(21)28)14-19-8-5-11-31-19/h4-13,22,27H,14H2,1-3H3/b23-21+. The molecule has 1 unspecified atom stereocenters. The van der Waals surface area contributed by atoms with E-state index in [0.29, 0.717) is 22.6 Å². The Morgan fingerprint density at radius 1 is 1.10 bits per heavy atom. The van der Waals surface area contributed by atoms with Crippen LogP contribution in [0.25, 0.3) is 5.76 Å². The number of ketones is 1. The molecule has 0 spiro atoms. The van der Waals surface area contributed by atoms with Crippen LogP contribution in [0.4, 0.5) is 0 Å². The molecule has 1 aliphatic rings. The van der Waals surface area contributed by atoms with Gasteiger partial charge in [-0.15, -0.1) is 0 Å². The van der Waals surface area contributed by atoms with Crippen molar-refractivity contribution in [1.82, 2.24) is 4.90 Å². The molecule has 1 fully saturated rings. The van der Waals surface area contributed by atoms with E-state index in [-0.39, 0.29) is 17.9 Å². The molecular weight excluding hydrogens is 394 g/mol. The van der Waals surface area contributed by atoms with E-state index in [2.05, 4.69) is 0 Å². The number of hydrogen-bond donors (Lipinski definition) is 1. The van der Waals surface area contributed by atoms with Crippen molar-refractivity contribution < 1.29 is 23.8 Å². The highest BCUT2D eigenvalue weighted by Crippen LogP contribution is 2.41. The Morgan fingerprint density at radius 2 is 1.90 bits per heavy atom. The summed E-state index contributed by atoms with van der Waals surface area (Å²) in [5.74, 6) is -0.461. The van der Waals surface area contributed by atoms with E-state index in [9.17, 15) is 14.7 Å². The van der Waals surface area contributed by atoms with Crippen molar-refractivity contribution >= 4 is 17.4 Å². The van der Waals surface area contributed by atoms with E-state index >= 15 is 0 Å². The SMILES string of the molecule is COc1cccc(C2/C(=C(\O)c3cc(C)ccc3C)C(=O)C(=O)N2Cc2ccco2)c1. The molecule has 6 nitrogen and oxygen atoms in total. The van der Waals surface area contributed by atoms with Crippen LogP contribution in [0.2, 0.25) is 0 Å². The van der Waals surface area contributed by atoms with Crippen LogP contribution in [0, 0.1) is 13.8 Å². The molecule has 1 aliphatic heterocycles. The lowest BCUT2D eigenvalue weighted by molar-refractivity contribution is -0.140. The molecule has 2 aromatic carbocycles. The van der Waals surface area contributed by atoms with Crippen molar-refractivity contribution in [2.45, 2.75) is 26.4 Å². The third-order valence-corrected chi connectivity index (χ3v) is 5.50. The van der Waals surface area contributed by atoms with Gasteiger partial charge in [0.05, 0.1) is 31.5 Å². The van der Waals surface area contributed by atoms with E-state index in [1.54, 1.807) is 37.4 Å². The molecule has 1 aromatic heterocycles. The molecule has 1 N–H and O–H groups in total. The zero-order valence-electron chi connectivity index (χ0n) is 17.6. The zero-order chi connectivity index (χ0) is 22.1. The topological polar surface area (TPSA) is 80.0 Å². The van der Waals surface area contributed by atoms with Crippen molar-refractivity contribution in [3.05, 3.63) is 94.4 Å². The Labute approximate surface area is 180 Å². The number of ether oxygens (including phenoxy) is 1. The maximum atomic E-state index is 13.1. The minimum atomic E-state index is -0.778. The fourth-order valence-electron chi connectivity index (χ4n) is 3.91. The van der Waals surface area contributed by atoms with Gasteiger partial charge in [0.2, 0.25) is 0 Å². The van der Waals surface area contributed by atoms with E-state index in [1.807, 2.05) is 38.1 Å². The van der Waals surface area contributed by atoms with Crippen molar-refractivity contribution in [3.63, 3.8) is 0 Å². The lowest BCUT2D eigenvalue weighted by atomic mass is 9.93. The molecule has 0 aliphatic carbocycles. The van der Waals surface area contributed by atoms with Gasteiger partial charge in [0.25, 0.3) is 11.7 Å². The van der Waals surface area contributed by atoms with E-state index in [4.69, 9.17) is 9.15 Å². The normalized spacial score (nSPS) is 17.9. The van der Waals surface area contributed by atoms with Gasteiger partial charge < -0.3 is 19.2 Å². The summed E-state index contributed by atoms with van der Waals surface area (Å²) in [5, 5.41) is 11.2. The summed E-state index contributed by atoms with van der Waals surface area (Å²) < 4.78 is 10.8. The summed E-state index contributed by atoms with van der Waals surface area (Å²) in [6, 6.07) is 15.5. The van der Waals surface area contributed by atoms with Crippen LogP contribution in [-0.2, 0) is 16.1 Å². The monoisotopic (exact) mass is 417 g/mol. The Bertz CT molecular complexity index is 1180. The predicted octanol–water partition coefficient (Wildman–Crippen LogP) is 4.53. The van der Waals surface area contributed by atoms with Gasteiger partial charge in [0, 0.05) is 5.56 Å². The molecular formula is C25H23NO5. The molecule has 158 valence electrons. The van der Waals surface area contributed by atoms with Gasteiger partial charge in [-0.1, -0.05) is 29.8 Å². The van der Waals surface area contributed by atoms with Gasteiger partial charge >= 0.3 is 0 Å². The summed E-state index contributed by atoms with van der Waals surface area (Å²) >= 11 is 0. The lowest BCUT2D eigenvalue weighted by Gasteiger charge is -2.25. The molecule has 0 bridgehead atoms. The van der Waals surface area contributed by atoms with Gasteiger partial charge in [-0.05, 0) is 55.3 Å². The second kappa shape index (κ2) is 8.14. The number of amides is 1. The summed E-state index contributed by atoms with van der Waals surface area (Å²) in [7, 11) is 1.55. The number of benzene rings is 2. The van der Waals surface area contributed by atoms with Gasteiger partial charge in [-0.2, -0.15) is 0 Å². The molecule has 0 saturated carbocycles. The number of Topliss-reactive ketones (excluding diaryl/α,β-unsaturated/α-hetero) is 1.